The van der Waals surface area contributed by atoms with Crippen LogP contribution in [0.1, 0.15) is 37.9 Å². The summed E-state index contributed by atoms with van der Waals surface area (Å²) < 4.78 is 5.53. The first kappa shape index (κ1) is 12.5. The van der Waals surface area contributed by atoms with Gasteiger partial charge in [0, 0.05) is 10.9 Å². The second kappa shape index (κ2) is 4.89. The predicted octanol–water partition coefficient (Wildman–Crippen LogP) is 4.48. The molecule has 1 saturated carbocycles. The molecule has 1 aromatic heterocycles. The highest BCUT2D eigenvalue weighted by atomic mass is 35.5. The van der Waals surface area contributed by atoms with Gasteiger partial charge in [0.25, 0.3) is 0 Å². The highest BCUT2D eigenvalue weighted by molar-refractivity contribution is 6.30. The van der Waals surface area contributed by atoms with Crippen molar-refractivity contribution in [2.45, 2.75) is 32.1 Å². The van der Waals surface area contributed by atoms with Gasteiger partial charge in [0.2, 0.25) is 0 Å². The van der Waals surface area contributed by atoms with E-state index in [-0.39, 0.29) is 0 Å². The molecular formula is C15H17ClN2O. The van der Waals surface area contributed by atoms with Crippen LogP contribution in [0.2, 0.25) is 5.02 Å². The van der Waals surface area contributed by atoms with Crippen molar-refractivity contribution in [3.05, 3.63) is 35.0 Å². The summed E-state index contributed by atoms with van der Waals surface area (Å²) in [4.78, 5) is 0. The molecule has 2 N–H and O–H groups in total. The Morgan fingerprint density at radius 2 is 2.21 bits per heavy atom. The molecule has 4 heteroatoms. The van der Waals surface area contributed by atoms with E-state index >= 15 is 0 Å². The highest BCUT2D eigenvalue weighted by Gasteiger charge is 2.32. The van der Waals surface area contributed by atoms with Gasteiger partial charge in [-0.2, -0.15) is 0 Å². The fourth-order valence-corrected chi connectivity index (χ4v) is 3.23. The van der Waals surface area contributed by atoms with Gasteiger partial charge in [-0.1, -0.05) is 42.2 Å². The van der Waals surface area contributed by atoms with Crippen molar-refractivity contribution in [2.75, 3.05) is 5.73 Å². The van der Waals surface area contributed by atoms with Crippen molar-refractivity contribution >= 4 is 17.4 Å². The Bertz CT molecular complexity index is 594. The van der Waals surface area contributed by atoms with E-state index in [1.54, 1.807) is 0 Å². The van der Waals surface area contributed by atoms with Crippen LogP contribution in [0.5, 0.6) is 0 Å². The molecule has 0 amide bonds. The van der Waals surface area contributed by atoms with Crippen LogP contribution in [0, 0.1) is 5.92 Å². The third-order valence-electron chi connectivity index (χ3n) is 4.06. The molecule has 2 atom stereocenters. The summed E-state index contributed by atoms with van der Waals surface area (Å²) in [5.74, 6) is 2.41. The largest absolute Gasteiger partial charge is 0.380 e. The number of hydrogen-bond acceptors (Lipinski definition) is 3. The quantitative estimate of drug-likeness (QED) is 0.880. The number of hydrogen-bond donors (Lipinski definition) is 1. The van der Waals surface area contributed by atoms with Crippen molar-refractivity contribution in [1.29, 1.82) is 0 Å². The van der Waals surface area contributed by atoms with E-state index in [0.29, 0.717) is 22.7 Å². The van der Waals surface area contributed by atoms with Gasteiger partial charge in [-0.25, -0.2) is 0 Å². The van der Waals surface area contributed by atoms with Gasteiger partial charge < -0.3 is 10.3 Å². The predicted molar refractivity (Wildman–Crippen MR) is 77.1 cm³/mol. The van der Waals surface area contributed by atoms with E-state index in [4.69, 9.17) is 21.9 Å². The van der Waals surface area contributed by atoms with Gasteiger partial charge in [0.15, 0.2) is 5.82 Å². The molecule has 0 aliphatic heterocycles. The normalized spacial score (nSPS) is 22.8. The van der Waals surface area contributed by atoms with E-state index in [0.717, 1.165) is 23.3 Å². The van der Waals surface area contributed by atoms with E-state index in [1.165, 1.54) is 12.8 Å². The van der Waals surface area contributed by atoms with Crippen molar-refractivity contribution in [1.82, 2.24) is 5.16 Å². The minimum Gasteiger partial charge on any atom is -0.380 e. The van der Waals surface area contributed by atoms with Gasteiger partial charge in [-0.3, -0.25) is 0 Å². The van der Waals surface area contributed by atoms with E-state index in [1.807, 2.05) is 24.3 Å². The van der Waals surface area contributed by atoms with Crippen LogP contribution in [0.25, 0.3) is 11.1 Å². The maximum Gasteiger partial charge on any atom is 0.175 e. The topological polar surface area (TPSA) is 52.0 Å². The highest BCUT2D eigenvalue weighted by Crippen LogP contribution is 2.44. The monoisotopic (exact) mass is 276 g/mol. The maximum absolute atomic E-state index is 6.06. The molecule has 1 aromatic carbocycles. The van der Waals surface area contributed by atoms with Gasteiger partial charge in [-0.05, 0) is 36.5 Å². The number of benzene rings is 1. The Hall–Kier alpha value is -1.48. The van der Waals surface area contributed by atoms with Crippen LogP contribution in [-0.2, 0) is 0 Å². The number of aromatic nitrogens is 1. The van der Waals surface area contributed by atoms with Crippen LogP contribution >= 0.6 is 11.6 Å². The zero-order valence-corrected chi connectivity index (χ0v) is 11.7. The van der Waals surface area contributed by atoms with Gasteiger partial charge in [-0.15, -0.1) is 0 Å². The van der Waals surface area contributed by atoms with E-state index < -0.39 is 0 Å². The number of rotatable bonds is 2. The third-order valence-corrected chi connectivity index (χ3v) is 4.29. The number of nitrogen functional groups attached to an aromatic ring is 1. The van der Waals surface area contributed by atoms with E-state index in [9.17, 15) is 0 Å². The molecule has 1 aliphatic carbocycles. The SMILES string of the molecule is CC1CCCC1c1onc(N)c1-c1cccc(Cl)c1. The molecule has 3 nitrogen and oxygen atoms in total. The molecule has 0 saturated heterocycles. The summed E-state index contributed by atoms with van der Waals surface area (Å²) in [7, 11) is 0. The lowest BCUT2D eigenvalue weighted by Gasteiger charge is -2.13. The molecule has 2 aromatic rings. The molecule has 0 bridgehead atoms. The summed E-state index contributed by atoms with van der Waals surface area (Å²) >= 11 is 6.06. The lowest BCUT2D eigenvalue weighted by Crippen LogP contribution is -2.02. The molecule has 19 heavy (non-hydrogen) atoms. The fraction of sp³-hybridized carbons (Fsp3) is 0.400. The summed E-state index contributed by atoms with van der Waals surface area (Å²) in [6.45, 7) is 2.26. The lowest BCUT2D eigenvalue weighted by molar-refractivity contribution is 0.341. The Kier molecular flexibility index (Phi) is 3.23. The first-order valence-electron chi connectivity index (χ1n) is 6.68. The molecule has 100 valence electrons. The Morgan fingerprint density at radius 1 is 1.37 bits per heavy atom. The first-order chi connectivity index (χ1) is 9.16. The number of anilines is 1. The maximum atomic E-state index is 6.06. The minimum absolute atomic E-state index is 0.416. The summed E-state index contributed by atoms with van der Waals surface area (Å²) in [6, 6.07) is 7.68. The third kappa shape index (κ3) is 2.23. The number of halogens is 1. The molecule has 0 radical (unpaired) electrons. The van der Waals surface area contributed by atoms with Crippen LogP contribution < -0.4 is 5.73 Å². The molecule has 1 aliphatic rings. The number of nitrogens with two attached hydrogens (primary N) is 1. The summed E-state index contributed by atoms with van der Waals surface area (Å²) in [5, 5.41) is 4.66. The molecule has 2 unspecified atom stereocenters. The smallest absolute Gasteiger partial charge is 0.175 e. The Labute approximate surface area is 117 Å². The fourth-order valence-electron chi connectivity index (χ4n) is 3.04. The van der Waals surface area contributed by atoms with Crippen molar-refractivity contribution in [3.63, 3.8) is 0 Å². The second-order valence-electron chi connectivity index (χ2n) is 5.33. The average Bonchev–Trinajstić information content (AvgIpc) is 2.95. The Morgan fingerprint density at radius 3 is 2.89 bits per heavy atom. The molecule has 3 rings (SSSR count). The zero-order valence-electron chi connectivity index (χ0n) is 10.9. The van der Waals surface area contributed by atoms with Crippen LogP contribution in [-0.4, -0.2) is 5.16 Å². The minimum atomic E-state index is 0.416. The van der Waals surface area contributed by atoms with Gasteiger partial charge in [0.1, 0.15) is 5.76 Å². The molecule has 1 fully saturated rings. The van der Waals surface area contributed by atoms with E-state index in [2.05, 4.69) is 12.1 Å². The van der Waals surface area contributed by atoms with Crippen LogP contribution in [0.15, 0.2) is 28.8 Å². The van der Waals surface area contributed by atoms with Gasteiger partial charge >= 0.3 is 0 Å². The van der Waals surface area contributed by atoms with Crippen LogP contribution in [0.4, 0.5) is 5.82 Å². The summed E-state index contributed by atoms with van der Waals surface area (Å²) in [5.41, 5.74) is 7.89. The van der Waals surface area contributed by atoms with Crippen molar-refractivity contribution < 1.29 is 4.52 Å². The van der Waals surface area contributed by atoms with Gasteiger partial charge in [0.05, 0.1) is 5.56 Å². The summed E-state index contributed by atoms with van der Waals surface area (Å²) in [6.07, 6.45) is 3.62. The molecule has 1 heterocycles. The average molecular weight is 277 g/mol. The van der Waals surface area contributed by atoms with Crippen molar-refractivity contribution in [3.8, 4) is 11.1 Å². The standard InChI is InChI=1S/C15H17ClN2O/c1-9-4-2-7-12(9)14-13(15(17)18-19-14)10-5-3-6-11(16)8-10/h3,5-6,8-9,12H,2,4,7H2,1H3,(H2,17,18). The zero-order chi connectivity index (χ0) is 13.4. The van der Waals surface area contributed by atoms with Crippen LogP contribution in [0.3, 0.4) is 0 Å². The second-order valence-corrected chi connectivity index (χ2v) is 5.77. The Balaban J connectivity index is 2.08. The molecule has 0 spiro atoms. The number of nitrogens with zero attached hydrogens (tertiary/aromatic N) is 1. The van der Waals surface area contributed by atoms with Crippen molar-refractivity contribution in [2.24, 2.45) is 5.92 Å². The first-order valence-corrected chi connectivity index (χ1v) is 7.05. The molecular weight excluding hydrogens is 260 g/mol. The lowest BCUT2D eigenvalue weighted by atomic mass is 9.90.